The molecule has 1 aromatic heterocycles. The Balaban J connectivity index is 2.15. The Morgan fingerprint density at radius 2 is 2.33 bits per heavy atom. The molecule has 1 saturated carbocycles. The van der Waals surface area contributed by atoms with Crippen LogP contribution in [0.4, 0.5) is 17.3 Å². The standard InChI is InChI=1S/C10H15N5O2S/c1-18-7-3-2-6(4-7)14-10-8(15(16)17)9(11)12-5-13-10/h5-7H,2-4H2,1H3,(H3,11,12,13,14). The molecule has 0 saturated heterocycles. The van der Waals surface area contributed by atoms with Crippen molar-refractivity contribution in [2.45, 2.75) is 30.6 Å². The molecule has 7 nitrogen and oxygen atoms in total. The largest absolute Gasteiger partial charge is 0.378 e. The van der Waals surface area contributed by atoms with Crippen molar-refractivity contribution in [1.29, 1.82) is 0 Å². The number of nitrogen functional groups attached to an aromatic ring is 1. The molecular formula is C10H15N5O2S. The highest BCUT2D eigenvalue weighted by molar-refractivity contribution is 7.99. The Hall–Kier alpha value is -1.57. The molecule has 0 bridgehead atoms. The lowest BCUT2D eigenvalue weighted by atomic mass is 10.2. The van der Waals surface area contributed by atoms with E-state index in [0.29, 0.717) is 5.25 Å². The maximum atomic E-state index is 10.9. The Bertz CT molecular complexity index is 456. The predicted molar refractivity (Wildman–Crippen MR) is 71.7 cm³/mol. The fourth-order valence-corrected chi connectivity index (χ4v) is 2.95. The maximum absolute atomic E-state index is 10.9. The summed E-state index contributed by atoms with van der Waals surface area (Å²) in [6.45, 7) is 0. The third-order valence-corrected chi connectivity index (χ3v) is 4.19. The second-order valence-corrected chi connectivity index (χ2v) is 5.36. The molecule has 98 valence electrons. The van der Waals surface area contributed by atoms with Crippen molar-refractivity contribution in [3.8, 4) is 0 Å². The van der Waals surface area contributed by atoms with E-state index >= 15 is 0 Å². The third-order valence-electron chi connectivity index (χ3n) is 3.09. The molecule has 2 atom stereocenters. The monoisotopic (exact) mass is 269 g/mol. The van der Waals surface area contributed by atoms with E-state index in [2.05, 4.69) is 21.5 Å². The fourth-order valence-electron chi connectivity index (χ4n) is 2.16. The summed E-state index contributed by atoms with van der Waals surface area (Å²) in [5, 5.41) is 14.7. The van der Waals surface area contributed by atoms with Crippen LogP contribution in [-0.2, 0) is 0 Å². The summed E-state index contributed by atoms with van der Waals surface area (Å²) in [4.78, 5) is 18.0. The van der Waals surface area contributed by atoms with Crippen molar-refractivity contribution in [3.05, 3.63) is 16.4 Å². The van der Waals surface area contributed by atoms with E-state index in [0.717, 1.165) is 19.3 Å². The average molecular weight is 269 g/mol. The topological polar surface area (TPSA) is 107 Å². The van der Waals surface area contributed by atoms with Gasteiger partial charge in [0, 0.05) is 11.3 Å². The molecule has 18 heavy (non-hydrogen) atoms. The van der Waals surface area contributed by atoms with Gasteiger partial charge in [0.1, 0.15) is 6.33 Å². The van der Waals surface area contributed by atoms with Crippen molar-refractivity contribution in [2.75, 3.05) is 17.3 Å². The van der Waals surface area contributed by atoms with Crippen LogP contribution in [0, 0.1) is 10.1 Å². The van der Waals surface area contributed by atoms with Gasteiger partial charge in [0.25, 0.3) is 0 Å². The number of nitrogens with two attached hydrogens (primary N) is 1. The SMILES string of the molecule is CSC1CCC(Nc2ncnc(N)c2[N+](=O)[O-])C1. The minimum atomic E-state index is -0.543. The van der Waals surface area contributed by atoms with E-state index in [4.69, 9.17) is 5.73 Å². The highest BCUT2D eigenvalue weighted by atomic mass is 32.2. The van der Waals surface area contributed by atoms with Crippen LogP contribution in [-0.4, -0.2) is 32.4 Å². The van der Waals surface area contributed by atoms with E-state index in [1.54, 1.807) is 0 Å². The van der Waals surface area contributed by atoms with Crippen LogP contribution in [0.25, 0.3) is 0 Å². The summed E-state index contributed by atoms with van der Waals surface area (Å²) in [5.74, 6) is 0.121. The quantitative estimate of drug-likeness (QED) is 0.632. The van der Waals surface area contributed by atoms with Crippen LogP contribution >= 0.6 is 11.8 Å². The first kappa shape index (κ1) is 12.9. The molecule has 8 heteroatoms. The molecule has 0 aliphatic heterocycles. The molecule has 0 spiro atoms. The molecule has 0 aromatic carbocycles. The molecule has 1 aliphatic rings. The van der Waals surface area contributed by atoms with Crippen molar-refractivity contribution in [1.82, 2.24) is 9.97 Å². The summed E-state index contributed by atoms with van der Waals surface area (Å²) in [6, 6.07) is 0.218. The molecule has 1 aliphatic carbocycles. The number of anilines is 2. The van der Waals surface area contributed by atoms with Gasteiger partial charge >= 0.3 is 5.69 Å². The molecule has 3 N–H and O–H groups in total. The van der Waals surface area contributed by atoms with Gasteiger partial charge in [0.05, 0.1) is 4.92 Å². The molecule has 2 unspecified atom stereocenters. The van der Waals surface area contributed by atoms with Crippen LogP contribution in [0.1, 0.15) is 19.3 Å². The van der Waals surface area contributed by atoms with Crippen LogP contribution < -0.4 is 11.1 Å². The molecule has 2 rings (SSSR count). The van der Waals surface area contributed by atoms with Crippen molar-refractivity contribution in [3.63, 3.8) is 0 Å². The predicted octanol–water partition coefficient (Wildman–Crippen LogP) is 1.66. The number of thioether (sulfide) groups is 1. The molecule has 1 heterocycles. The van der Waals surface area contributed by atoms with Gasteiger partial charge < -0.3 is 11.1 Å². The van der Waals surface area contributed by atoms with Crippen LogP contribution in [0.3, 0.4) is 0 Å². The molecule has 1 fully saturated rings. The zero-order chi connectivity index (χ0) is 13.1. The Kier molecular flexibility index (Phi) is 3.85. The van der Waals surface area contributed by atoms with E-state index < -0.39 is 4.92 Å². The lowest BCUT2D eigenvalue weighted by Gasteiger charge is -2.13. The average Bonchev–Trinajstić information content (AvgIpc) is 2.76. The van der Waals surface area contributed by atoms with Gasteiger partial charge in [-0.3, -0.25) is 10.1 Å². The number of hydrogen-bond acceptors (Lipinski definition) is 7. The van der Waals surface area contributed by atoms with Crippen LogP contribution in [0.5, 0.6) is 0 Å². The van der Waals surface area contributed by atoms with Crippen LogP contribution in [0.2, 0.25) is 0 Å². The molecule has 0 radical (unpaired) electrons. The van der Waals surface area contributed by atoms with Crippen LogP contribution in [0.15, 0.2) is 6.33 Å². The number of rotatable bonds is 4. The van der Waals surface area contributed by atoms with E-state index in [1.165, 1.54) is 6.33 Å². The Morgan fingerprint density at radius 1 is 1.56 bits per heavy atom. The summed E-state index contributed by atoms with van der Waals surface area (Å²) in [6.07, 6.45) is 6.42. The van der Waals surface area contributed by atoms with Gasteiger partial charge in [-0.15, -0.1) is 0 Å². The van der Waals surface area contributed by atoms with E-state index in [9.17, 15) is 10.1 Å². The van der Waals surface area contributed by atoms with Gasteiger partial charge in [-0.1, -0.05) is 0 Å². The number of nitro groups is 1. The van der Waals surface area contributed by atoms with E-state index in [-0.39, 0.29) is 23.4 Å². The van der Waals surface area contributed by atoms with Crippen molar-refractivity contribution < 1.29 is 4.92 Å². The Morgan fingerprint density at radius 3 is 2.94 bits per heavy atom. The highest BCUT2D eigenvalue weighted by Gasteiger charge is 2.28. The number of hydrogen-bond donors (Lipinski definition) is 2. The minimum absolute atomic E-state index is 0.100. The van der Waals surface area contributed by atoms with Gasteiger partial charge in [-0.05, 0) is 25.5 Å². The first-order valence-electron chi connectivity index (χ1n) is 5.66. The number of nitrogens with zero attached hydrogens (tertiary/aromatic N) is 3. The second-order valence-electron chi connectivity index (χ2n) is 4.23. The minimum Gasteiger partial charge on any atom is -0.378 e. The van der Waals surface area contributed by atoms with Gasteiger partial charge in [-0.25, -0.2) is 9.97 Å². The highest BCUT2D eigenvalue weighted by Crippen LogP contribution is 2.33. The normalized spacial score (nSPS) is 22.9. The molecule has 0 amide bonds. The summed E-state index contributed by atoms with van der Waals surface area (Å²) >= 11 is 1.83. The fraction of sp³-hybridized carbons (Fsp3) is 0.600. The zero-order valence-electron chi connectivity index (χ0n) is 10.00. The second kappa shape index (κ2) is 5.38. The smallest absolute Gasteiger partial charge is 0.352 e. The van der Waals surface area contributed by atoms with Crippen molar-refractivity contribution in [2.24, 2.45) is 0 Å². The number of aromatic nitrogens is 2. The Labute approximate surface area is 109 Å². The first-order chi connectivity index (χ1) is 8.61. The summed E-state index contributed by atoms with van der Waals surface area (Å²) in [7, 11) is 0. The van der Waals surface area contributed by atoms with Crippen molar-refractivity contribution >= 4 is 29.1 Å². The van der Waals surface area contributed by atoms with E-state index in [1.807, 2.05) is 11.8 Å². The summed E-state index contributed by atoms with van der Waals surface area (Å²) < 4.78 is 0. The van der Waals surface area contributed by atoms with Gasteiger partial charge in [0.15, 0.2) is 0 Å². The third kappa shape index (κ3) is 2.63. The molecule has 1 aromatic rings. The summed E-state index contributed by atoms with van der Waals surface area (Å²) in [5.41, 5.74) is 5.28. The lowest BCUT2D eigenvalue weighted by molar-refractivity contribution is -0.383. The first-order valence-corrected chi connectivity index (χ1v) is 6.94. The lowest BCUT2D eigenvalue weighted by Crippen LogP contribution is -2.18. The number of nitrogens with one attached hydrogen (secondary N) is 1. The molecular weight excluding hydrogens is 254 g/mol. The van der Waals surface area contributed by atoms with Gasteiger partial charge in [0.2, 0.25) is 11.6 Å². The zero-order valence-corrected chi connectivity index (χ0v) is 10.8. The maximum Gasteiger partial charge on any atom is 0.352 e. The van der Waals surface area contributed by atoms with Gasteiger partial charge in [-0.2, -0.15) is 11.8 Å².